The van der Waals surface area contributed by atoms with E-state index in [1.54, 1.807) is 4.90 Å². The van der Waals surface area contributed by atoms with E-state index in [9.17, 15) is 9.59 Å². The van der Waals surface area contributed by atoms with Crippen LogP contribution in [0.25, 0.3) is 0 Å². The molecule has 4 aliphatic rings. The van der Waals surface area contributed by atoms with Crippen molar-refractivity contribution in [2.75, 3.05) is 6.61 Å². The van der Waals surface area contributed by atoms with Gasteiger partial charge >= 0.3 is 6.09 Å². The largest absolute Gasteiger partial charge is 0.444 e. The van der Waals surface area contributed by atoms with Crippen LogP contribution in [0.2, 0.25) is 0 Å². The molecule has 0 spiro atoms. The topological polar surface area (TPSA) is 55.8 Å². The first kappa shape index (κ1) is 18.0. The smallest absolute Gasteiger partial charge is 0.411 e. The second-order valence-electron chi connectivity index (χ2n) is 10.3. The van der Waals surface area contributed by atoms with Crippen molar-refractivity contribution in [3.8, 4) is 0 Å². The molecule has 5 atom stereocenters. The molecule has 0 aromatic heterocycles. The molecule has 4 bridgehead atoms. The van der Waals surface area contributed by atoms with Gasteiger partial charge in [-0.25, -0.2) is 4.79 Å². The predicted octanol–water partition coefficient (Wildman–Crippen LogP) is 3.71. The van der Waals surface area contributed by atoms with E-state index in [0.29, 0.717) is 13.0 Å². The van der Waals surface area contributed by atoms with Crippen LogP contribution in [0.3, 0.4) is 0 Å². The summed E-state index contributed by atoms with van der Waals surface area (Å²) in [5.41, 5.74) is -1.37. The number of nitrogens with zero attached hydrogens (tertiary/aromatic N) is 1. The summed E-state index contributed by atoms with van der Waals surface area (Å²) in [6.07, 6.45) is 6.21. The highest BCUT2D eigenvalue weighted by Gasteiger charge is 2.71. The highest BCUT2D eigenvalue weighted by atomic mass is 16.6. The van der Waals surface area contributed by atoms with Gasteiger partial charge in [-0.1, -0.05) is 32.9 Å². The summed E-state index contributed by atoms with van der Waals surface area (Å²) in [6.45, 7) is 12.9. The van der Waals surface area contributed by atoms with Crippen LogP contribution in [0, 0.1) is 16.7 Å². The fraction of sp³-hybridized carbons (Fsp3) is 0.810. The lowest BCUT2D eigenvalue weighted by molar-refractivity contribution is -0.152. The third kappa shape index (κ3) is 2.12. The van der Waals surface area contributed by atoms with E-state index in [-0.39, 0.29) is 40.7 Å². The highest BCUT2D eigenvalue weighted by molar-refractivity contribution is 5.93. The zero-order valence-electron chi connectivity index (χ0n) is 16.8. The average molecular weight is 361 g/mol. The molecule has 1 aliphatic carbocycles. The Morgan fingerprint density at radius 1 is 1.15 bits per heavy atom. The summed E-state index contributed by atoms with van der Waals surface area (Å²) < 4.78 is 11.8. The first-order chi connectivity index (χ1) is 11.9. The van der Waals surface area contributed by atoms with Crippen LogP contribution in [-0.2, 0) is 14.3 Å². The normalized spacial score (nSPS) is 42.5. The van der Waals surface area contributed by atoms with E-state index in [4.69, 9.17) is 9.47 Å². The molecule has 0 aromatic carbocycles. The number of rotatable bonds is 2. The Morgan fingerprint density at radius 2 is 1.85 bits per heavy atom. The van der Waals surface area contributed by atoms with Crippen LogP contribution in [0.15, 0.2) is 12.2 Å². The minimum atomic E-state index is -0.704. The van der Waals surface area contributed by atoms with Crippen LogP contribution >= 0.6 is 0 Å². The minimum absolute atomic E-state index is 0.0440. The Labute approximate surface area is 156 Å². The maximum absolute atomic E-state index is 13.7. The summed E-state index contributed by atoms with van der Waals surface area (Å²) in [5.74, 6) is -0.00798. The van der Waals surface area contributed by atoms with Crippen LogP contribution in [0.4, 0.5) is 4.79 Å². The fourth-order valence-corrected chi connectivity index (χ4v) is 5.56. The fourth-order valence-electron chi connectivity index (χ4n) is 5.56. The predicted molar refractivity (Wildman–Crippen MR) is 97.7 cm³/mol. The molecule has 0 N–H and O–H groups in total. The molecule has 1 saturated carbocycles. The quantitative estimate of drug-likeness (QED) is 0.704. The third-order valence-corrected chi connectivity index (χ3v) is 7.64. The maximum atomic E-state index is 13.7. The van der Waals surface area contributed by atoms with Gasteiger partial charge in [0.2, 0.25) is 0 Å². The standard InChI is InChI=1S/C21H31NO4/c1-18(2,3)26-17(24)22-13-7-8-15(22)14(11-13)16(23)21-10-9-20(6,12-25-21)19(21,4)5/h7-8,13-15H,9-12H2,1-6H3/t13-,14+,15+,20-,21+/m1/s1. The van der Waals surface area contributed by atoms with Gasteiger partial charge in [-0.3, -0.25) is 9.69 Å². The van der Waals surface area contributed by atoms with Gasteiger partial charge in [0.05, 0.1) is 18.7 Å². The van der Waals surface area contributed by atoms with Gasteiger partial charge in [0.25, 0.3) is 0 Å². The van der Waals surface area contributed by atoms with E-state index in [1.165, 1.54) is 0 Å². The molecule has 3 aliphatic heterocycles. The third-order valence-electron chi connectivity index (χ3n) is 7.64. The zero-order chi connectivity index (χ0) is 19.1. The number of carbonyl (C=O) groups excluding carboxylic acids is 2. The van der Waals surface area contributed by atoms with Crippen molar-refractivity contribution in [2.45, 2.75) is 84.1 Å². The van der Waals surface area contributed by atoms with Crippen molar-refractivity contribution in [3.63, 3.8) is 0 Å². The van der Waals surface area contributed by atoms with E-state index in [1.807, 2.05) is 32.9 Å². The second kappa shape index (κ2) is 5.12. The van der Waals surface area contributed by atoms with Crippen LogP contribution in [-0.4, -0.2) is 46.7 Å². The van der Waals surface area contributed by atoms with E-state index in [0.717, 1.165) is 12.8 Å². The van der Waals surface area contributed by atoms with Crippen LogP contribution in [0.5, 0.6) is 0 Å². The molecule has 144 valence electrons. The van der Waals surface area contributed by atoms with Gasteiger partial charge in [-0.15, -0.1) is 0 Å². The summed E-state index contributed by atoms with van der Waals surface area (Å²) in [4.78, 5) is 28.1. The zero-order valence-corrected chi connectivity index (χ0v) is 16.8. The second-order valence-corrected chi connectivity index (χ2v) is 10.3. The molecular weight excluding hydrogens is 330 g/mol. The van der Waals surface area contributed by atoms with Gasteiger partial charge in [0, 0.05) is 11.3 Å². The summed E-state index contributed by atoms with van der Waals surface area (Å²) in [6, 6.07) is -0.249. The molecular formula is C21H31NO4. The van der Waals surface area contributed by atoms with Crippen LogP contribution < -0.4 is 0 Å². The SMILES string of the molecule is CC(C)(C)OC(=O)N1[C@@H]2C=C[C@H]1[C@@H](C(=O)[C@]13CC[C@](C)(CO1)C3(C)C)C2. The molecule has 2 saturated heterocycles. The Hall–Kier alpha value is -1.36. The van der Waals surface area contributed by atoms with Gasteiger partial charge in [-0.2, -0.15) is 0 Å². The molecule has 5 nitrogen and oxygen atoms in total. The minimum Gasteiger partial charge on any atom is -0.444 e. The number of hydrogen-bond acceptors (Lipinski definition) is 4. The van der Waals surface area contributed by atoms with Crippen LogP contribution in [0.1, 0.15) is 60.8 Å². The molecule has 1 amide bonds. The molecule has 3 fully saturated rings. The Kier molecular flexibility index (Phi) is 3.55. The molecule has 4 rings (SSSR count). The van der Waals surface area contributed by atoms with Crippen molar-refractivity contribution >= 4 is 11.9 Å². The van der Waals surface area contributed by atoms with Crippen molar-refractivity contribution in [1.29, 1.82) is 0 Å². The lowest BCUT2D eigenvalue weighted by atomic mass is 9.63. The summed E-state index contributed by atoms with van der Waals surface area (Å²) in [5, 5.41) is 0. The molecule has 0 unspecified atom stereocenters. The van der Waals surface area contributed by atoms with E-state index >= 15 is 0 Å². The van der Waals surface area contributed by atoms with Gasteiger partial charge < -0.3 is 9.47 Å². The van der Waals surface area contributed by atoms with Crippen molar-refractivity contribution in [3.05, 3.63) is 12.2 Å². The average Bonchev–Trinajstić information content (AvgIpc) is 3.20. The van der Waals surface area contributed by atoms with Gasteiger partial charge in [0.1, 0.15) is 11.2 Å². The summed E-state index contributed by atoms with van der Waals surface area (Å²) in [7, 11) is 0. The van der Waals surface area contributed by atoms with Gasteiger partial charge in [0.15, 0.2) is 5.78 Å². The Bertz CT molecular complexity index is 679. The molecule has 0 radical (unpaired) electrons. The van der Waals surface area contributed by atoms with Crippen molar-refractivity contribution in [1.82, 2.24) is 4.90 Å². The Balaban J connectivity index is 1.58. The number of amides is 1. The first-order valence-corrected chi connectivity index (χ1v) is 9.80. The van der Waals surface area contributed by atoms with E-state index in [2.05, 4.69) is 20.8 Å². The lowest BCUT2D eigenvalue weighted by Gasteiger charge is -2.39. The van der Waals surface area contributed by atoms with Gasteiger partial charge in [-0.05, 0) is 45.4 Å². The van der Waals surface area contributed by atoms with E-state index < -0.39 is 11.2 Å². The number of Topliss-reactive ketones (excluding diaryl/α,β-unsaturated/α-hetero) is 1. The monoisotopic (exact) mass is 361 g/mol. The molecule has 5 heteroatoms. The van der Waals surface area contributed by atoms with Crippen molar-refractivity contribution in [2.24, 2.45) is 16.7 Å². The summed E-state index contributed by atoms with van der Waals surface area (Å²) >= 11 is 0. The lowest BCUT2D eigenvalue weighted by Crippen LogP contribution is -2.52. The highest BCUT2D eigenvalue weighted by Crippen LogP contribution is 2.66. The molecule has 3 heterocycles. The first-order valence-electron chi connectivity index (χ1n) is 9.80. The maximum Gasteiger partial charge on any atom is 0.411 e. The number of fused-ring (bicyclic) bond motifs is 4. The molecule has 26 heavy (non-hydrogen) atoms. The Morgan fingerprint density at radius 3 is 2.35 bits per heavy atom. The number of hydrogen-bond donors (Lipinski definition) is 0. The number of ether oxygens (including phenoxy) is 2. The number of ketones is 1. The molecule has 0 aromatic rings. The number of carbonyl (C=O) groups is 2. The van der Waals surface area contributed by atoms with Crippen molar-refractivity contribution < 1.29 is 19.1 Å².